The number of aliphatic hydroxyl groups is 1. The Balaban J connectivity index is 1.85. The van der Waals surface area contributed by atoms with E-state index in [1.807, 2.05) is 38.1 Å². The molecule has 31 heavy (non-hydrogen) atoms. The number of pyridine rings is 1. The third kappa shape index (κ3) is 3.59. The summed E-state index contributed by atoms with van der Waals surface area (Å²) in [6.45, 7) is 3.57. The summed E-state index contributed by atoms with van der Waals surface area (Å²) in [6.07, 6.45) is 3.23. The molecule has 0 spiro atoms. The Morgan fingerprint density at radius 1 is 1.16 bits per heavy atom. The predicted octanol–water partition coefficient (Wildman–Crippen LogP) is 4.00. The number of carbonyl (C=O) groups is 2. The van der Waals surface area contributed by atoms with Gasteiger partial charge in [0, 0.05) is 37.9 Å². The zero-order valence-electron chi connectivity index (χ0n) is 17.7. The van der Waals surface area contributed by atoms with Crippen LogP contribution in [-0.2, 0) is 4.79 Å². The van der Waals surface area contributed by atoms with Gasteiger partial charge in [-0.05, 0) is 49.7 Å². The molecule has 3 heterocycles. The van der Waals surface area contributed by atoms with Crippen molar-refractivity contribution >= 4 is 34.4 Å². The Bertz CT molecular complexity index is 1180. The van der Waals surface area contributed by atoms with Gasteiger partial charge in [-0.25, -0.2) is 4.98 Å². The molecule has 1 aromatic carbocycles. The summed E-state index contributed by atoms with van der Waals surface area (Å²) in [4.78, 5) is 39.0. The number of nitrogens with zero attached hydrogens (tertiary/aromatic N) is 4. The zero-order valence-corrected chi connectivity index (χ0v) is 18.5. The number of anilines is 2. The van der Waals surface area contributed by atoms with Crippen molar-refractivity contribution in [2.24, 2.45) is 0 Å². The molecule has 3 aromatic rings. The zero-order chi connectivity index (χ0) is 22.3. The molecule has 0 bridgehead atoms. The Morgan fingerprint density at radius 3 is 2.42 bits per heavy atom. The van der Waals surface area contributed by atoms with Crippen LogP contribution in [0.15, 0.2) is 60.1 Å². The van der Waals surface area contributed by atoms with Gasteiger partial charge in [0.15, 0.2) is 5.76 Å². The van der Waals surface area contributed by atoms with Crippen molar-refractivity contribution in [2.45, 2.75) is 19.9 Å². The van der Waals surface area contributed by atoms with E-state index in [2.05, 4.69) is 9.97 Å². The topological polar surface area (TPSA) is 86.6 Å². The van der Waals surface area contributed by atoms with Gasteiger partial charge in [-0.15, -0.1) is 11.3 Å². The van der Waals surface area contributed by atoms with E-state index in [9.17, 15) is 14.7 Å². The number of rotatable bonds is 5. The fourth-order valence-corrected chi connectivity index (χ4v) is 4.61. The lowest BCUT2D eigenvalue weighted by Crippen LogP contribution is -2.31. The van der Waals surface area contributed by atoms with Crippen LogP contribution in [0.5, 0.6) is 0 Å². The van der Waals surface area contributed by atoms with Gasteiger partial charge in [0.05, 0.1) is 27.2 Å². The summed E-state index contributed by atoms with van der Waals surface area (Å²) < 4.78 is 0. The standard InChI is InChI=1S/C23H22N4O3S/c1-13-22(31-14(2)25-13)20(28)18-19(15-6-5-11-24-12-15)27(23(30)21(18)29)17-9-7-16(8-10-17)26(3)4/h5-12,19,29H,1-4H3. The van der Waals surface area contributed by atoms with E-state index in [1.165, 1.54) is 16.2 Å². The van der Waals surface area contributed by atoms with Gasteiger partial charge in [-0.2, -0.15) is 0 Å². The molecule has 0 fully saturated rings. The highest BCUT2D eigenvalue weighted by Gasteiger charge is 2.45. The molecule has 1 aliphatic rings. The molecule has 0 saturated carbocycles. The molecule has 2 aromatic heterocycles. The fraction of sp³-hybridized carbons (Fsp3) is 0.217. The summed E-state index contributed by atoms with van der Waals surface area (Å²) in [7, 11) is 3.86. The summed E-state index contributed by atoms with van der Waals surface area (Å²) in [5, 5.41) is 11.6. The maximum Gasteiger partial charge on any atom is 0.294 e. The highest BCUT2D eigenvalue weighted by Crippen LogP contribution is 2.42. The second kappa shape index (κ2) is 7.96. The molecule has 1 unspecified atom stereocenters. The number of carbonyl (C=O) groups excluding carboxylic acids is 2. The Morgan fingerprint density at radius 2 is 1.87 bits per heavy atom. The van der Waals surface area contributed by atoms with Gasteiger partial charge < -0.3 is 10.0 Å². The molecule has 1 atom stereocenters. The van der Waals surface area contributed by atoms with E-state index in [0.717, 1.165) is 10.7 Å². The molecule has 7 nitrogen and oxygen atoms in total. The van der Waals surface area contributed by atoms with Crippen LogP contribution in [0.1, 0.15) is 32.0 Å². The average molecular weight is 435 g/mol. The molecule has 1 N–H and O–H groups in total. The summed E-state index contributed by atoms with van der Waals surface area (Å²) in [5.74, 6) is -1.55. The molecule has 0 aliphatic carbocycles. The van der Waals surface area contributed by atoms with Crippen molar-refractivity contribution in [3.63, 3.8) is 0 Å². The largest absolute Gasteiger partial charge is 0.503 e. The number of thiazole rings is 1. The second-order valence-corrected chi connectivity index (χ2v) is 8.72. The molecular formula is C23H22N4O3S. The van der Waals surface area contributed by atoms with Crippen molar-refractivity contribution in [3.05, 3.63) is 81.3 Å². The highest BCUT2D eigenvalue weighted by atomic mass is 32.1. The van der Waals surface area contributed by atoms with Gasteiger partial charge in [0.1, 0.15) is 0 Å². The molecular weight excluding hydrogens is 412 g/mol. The summed E-state index contributed by atoms with van der Waals surface area (Å²) in [5.41, 5.74) is 2.81. The van der Waals surface area contributed by atoms with E-state index < -0.39 is 23.5 Å². The minimum absolute atomic E-state index is 0.0430. The first kappa shape index (κ1) is 20.7. The van der Waals surface area contributed by atoms with Crippen LogP contribution in [0.3, 0.4) is 0 Å². The van der Waals surface area contributed by atoms with Crippen molar-refractivity contribution in [1.82, 2.24) is 9.97 Å². The van der Waals surface area contributed by atoms with E-state index >= 15 is 0 Å². The lowest BCUT2D eigenvalue weighted by atomic mass is 9.96. The van der Waals surface area contributed by atoms with Crippen LogP contribution in [0.2, 0.25) is 0 Å². The molecule has 1 aliphatic heterocycles. The van der Waals surface area contributed by atoms with Crippen molar-refractivity contribution in [2.75, 3.05) is 23.9 Å². The number of hydrogen-bond donors (Lipinski definition) is 1. The van der Waals surface area contributed by atoms with Crippen molar-refractivity contribution < 1.29 is 14.7 Å². The minimum atomic E-state index is -0.791. The van der Waals surface area contributed by atoms with Crippen LogP contribution in [0.4, 0.5) is 11.4 Å². The van der Waals surface area contributed by atoms with Crippen LogP contribution >= 0.6 is 11.3 Å². The maximum absolute atomic E-state index is 13.5. The maximum atomic E-state index is 13.5. The normalized spacial score (nSPS) is 16.2. The number of aryl methyl sites for hydroxylation is 2. The van der Waals surface area contributed by atoms with Crippen molar-refractivity contribution in [3.8, 4) is 0 Å². The van der Waals surface area contributed by atoms with Gasteiger partial charge in [0.25, 0.3) is 5.91 Å². The lowest BCUT2D eigenvalue weighted by Gasteiger charge is -2.27. The van der Waals surface area contributed by atoms with Gasteiger partial charge >= 0.3 is 0 Å². The Hall–Kier alpha value is -3.52. The monoisotopic (exact) mass is 434 g/mol. The molecule has 0 saturated heterocycles. The van der Waals surface area contributed by atoms with E-state index in [1.54, 1.807) is 43.6 Å². The number of ketones is 1. The quantitative estimate of drug-likeness (QED) is 0.611. The van der Waals surface area contributed by atoms with Crippen LogP contribution < -0.4 is 9.80 Å². The third-order valence-electron chi connectivity index (χ3n) is 5.21. The summed E-state index contributed by atoms with van der Waals surface area (Å²) in [6, 6.07) is 10.1. The van der Waals surface area contributed by atoms with E-state index in [-0.39, 0.29) is 5.57 Å². The van der Waals surface area contributed by atoms with Crippen LogP contribution in [-0.4, -0.2) is 40.9 Å². The molecule has 1 amide bonds. The number of Topliss-reactive ketones (excluding diaryl/α,β-unsaturated/α-hetero) is 1. The van der Waals surface area contributed by atoms with Gasteiger partial charge in [0.2, 0.25) is 5.78 Å². The molecule has 8 heteroatoms. The number of hydrogen-bond acceptors (Lipinski definition) is 7. The number of amides is 1. The van der Waals surface area contributed by atoms with Gasteiger partial charge in [-0.3, -0.25) is 19.5 Å². The molecule has 4 rings (SSSR count). The Labute approximate surface area is 184 Å². The lowest BCUT2D eigenvalue weighted by molar-refractivity contribution is -0.117. The number of aromatic nitrogens is 2. The third-order valence-corrected chi connectivity index (χ3v) is 6.28. The second-order valence-electron chi connectivity index (χ2n) is 7.51. The SMILES string of the molecule is Cc1nc(C)c(C(=O)C2=C(O)C(=O)N(c3ccc(N(C)C)cc3)C2c2cccnc2)s1. The average Bonchev–Trinajstić information content (AvgIpc) is 3.24. The fourth-order valence-electron chi connectivity index (χ4n) is 3.73. The van der Waals surface area contributed by atoms with E-state index in [0.29, 0.717) is 21.8 Å². The smallest absolute Gasteiger partial charge is 0.294 e. The number of aliphatic hydroxyl groups excluding tert-OH is 1. The first-order chi connectivity index (χ1) is 14.8. The first-order valence-corrected chi connectivity index (χ1v) is 10.5. The van der Waals surface area contributed by atoms with Crippen LogP contribution in [0, 0.1) is 13.8 Å². The molecule has 158 valence electrons. The van der Waals surface area contributed by atoms with Crippen LogP contribution in [0.25, 0.3) is 0 Å². The minimum Gasteiger partial charge on any atom is -0.503 e. The highest BCUT2D eigenvalue weighted by molar-refractivity contribution is 7.14. The summed E-state index contributed by atoms with van der Waals surface area (Å²) >= 11 is 1.26. The van der Waals surface area contributed by atoms with E-state index in [4.69, 9.17) is 0 Å². The predicted molar refractivity (Wildman–Crippen MR) is 121 cm³/mol. The first-order valence-electron chi connectivity index (χ1n) is 9.72. The molecule has 0 radical (unpaired) electrons. The van der Waals surface area contributed by atoms with Crippen molar-refractivity contribution in [1.29, 1.82) is 0 Å². The number of benzene rings is 1. The Kier molecular flexibility index (Phi) is 5.32. The van der Waals surface area contributed by atoms with Gasteiger partial charge in [-0.1, -0.05) is 6.07 Å².